The van der Waals surface area contributed by atoms with Gasteiger partial charge in [-0.3, -0.25) is 4.90 Å². The second-order valence-corrected chi connectivity index (χ2v) is 10.3. The Hall–Kier alpha value is -1.59. The number of fused-ring (bicyclic) bond motifs is 2. The van der Waals surface area contributed by atoms with Crippen molar-refractivity contribution in [2.45, 2.75) is 67.7 Å². The number of nitrogens with one attached hydrogen (secondary N) is 1. The number of likely N-dealkylation sites (N-methyl/N-ethyl adjacent to an activating group) is 1. The molecule has 148 valence electrons. The van der Waals surface area contributed by atoms with Gasteiger partial charge in [0.1, 0.15) is 11.7 Å². The molecular weight excluding hydrogens is 352 g/mol. The van der Waals surface area contributed by atoms with E-state index in [1.165, 1.54) is 24.0 Å². The van der Waals surface area contributed by atoms with Crippen molar-refractivity contribution < 1.29 is 14.2 Å². The zero-order valence-electron chi connectivity index (χ0n) is 17.1. The van der Waals surface area contributed by atoms with E-state index in [0.29, 0.717) is 6.04 Å². The molecule has 1 N–H and O–H groups in total. The number of nitrogens with zero attached hydrogens (tertiary/aromatic N) is 1. The fourth-order valence-corrected chi connectivity index (χ4v) is 9.29. The molecule has 8 atom stereocenters. The third-order valence-electron chi connectivity index (χ3n) is 10.0. The van der Waals surface area contributed by atoms with Gasteiger partial charge in [0.2, 0.25) is 0 Å². The number of likely N-dealkylation sites (tertiary alicyclic amines) is 1. The molecular formula is C23H28N2O3. The van der Waals surface area contributed by atoms with Crippen molar-refractivity contribution in [1.82, 2.24) is 4.90 Å². The van der Waals surface area contributed by atoms with Gasteiger partial charge in [-0.1, -0.05) is 6.07 Å². The lowest BCUT2D eigenvalue weighted by Gasteiger charge is -2.66. The minimum Gasteiger partial charge on any atom is -0.493 e. The van der Waals surface area contributed by atoms with Crippen molar-refractivity contribution in [3.05, 3.63) is 23.3 Å². The largest absolute Gasteiger partial charge is 0.493 e. The monoisotopic (exact) mass is 380 g/mol. The van der Waals surface area contributed by atoms with Crippen LogP contribution in [0.15, 0.2) is 12.1 Å². The normalized spacial score (nSPS) is 52.7. The number of hydrogen-bond donors (Lipinski definition) is 1. The summed E-state index contributed by atoms with van der Waals surface area (Å²) in [5.74, 6) is 1.96. The van der Waals surface area contributed by atoms with E-state index in [0.717, 1.165) is 36.5 Å². The molecule has 8 rings (SSSR count). The summed E-state index contributed by atoms with van der Waals surface area (Å²) in [6.07, 6.45) is 5.51. The van der Waals surface area contributed by atoms with E-state index < -0.39 is 5.60 Å². The Kier molecular flexibility index (Phi) is 2.49. The van der Waals surface area contributed by atoms with E-state index in [9.17, 15) is 0 Å². The molecule has 2 aliphatic heterocycles. The van der Waals surface area contributed by atoms with Crippen molar-refractivity contribution >= 4 is 5.71 Å². The Balaban J connectivity index is 1.58. The molecule has 4 saturated carbocycles. The highest BCUT2D eigenvalue weighted by Crippen LogP contribution is 2.85. The number of piperidine rings is 1. The van der Waals surface area contributed by atoms with Crippen molar-refractivity contribution in [3.63, 3.8) is 0 Å². The minimum atomic E-state index is -0.400. The molecule has 3 spiro atoms. The highest BCUT2D eigenvalue weighted by atomic mass is 16.6. The van der Waals surface area contributed by atoms with Crippen LogP contribution in [-0.4, -0.2) is 55.2 Å². The van der Waals surface area contributed by atoms with Crippen molar-refractivity contribution in [1.29, 1.82) is 5.41 Å². The molecule has 0 radical (unpaired) electrons. The first kappa shape index (κ1) is 16.2. The second kappa shape index (κ2) is 4.29. The fourth-order valence-electron chi connectivity index (χ4n) is 9.29. The van der Waals surface area contributed by atoms with Gasteiger partial charge in [0, 0.05) is 46.7 Å². The number of methoxy groups -OCH3 is 2. The zero-order valence-corrected chi connectivity index (χ0v) is 17.1. The van der Waals surface area contributed by atoms with E-state index in [-0.39, 0.29) is 28.4 Å². The zero-order chi connectivity index (χ0) is 19.3. The Morgan fingerprint density at radius 3 is 2.82 bits per heavy atom. The van der Waals surface area contributed by atoms with E-state index in [1.807, 2.05) is 14.0 Å². The van der Waals surface area contributed by atoms with Crippen LogP contribution < -0.4 is 9.47 Å². The molecule has 5 aliphatic carbocycles. The average Bonchev–Trinajstić information content (AvgIpc) is 3.00. The molecule has 5 heteroatoms. The molecule has 5 fully saturated rings. The van der Waals surface area contributed by atoms with Crippen LogP contribution >= 0.6 is 0 Å². The predicted molar refractivity (Wildman–Crippen MR) is 105 cm³/mol. The van der Waals surface area contributed by atoms with Crippen molar-refractivity contribution in [2.75, 3.05) is 21.3 Å². The van der Waals surface area contributed by atoms with Gasteiger partial charge in [0.25, 0.3) is 0 Å². The van der Waals surface area contributed by atoms with Crippen LogP contribution in [0.4, 0.5) is 0 Å². The van der Waals surface area contributed by atoms with Gasteiger partial charge in [-0.15, -0.1) is 0 Å². The van der Waals surface area contributed by atoms with Gasteiger partial charge in [-0.2, -0.15) is 0 Å². The molecule has 0 aromatic heterocycles. The van der Waals surface area contributed by atoms with Gasteiger partial charge < -0.3 is 19.6 Å². The summed E-state index contributed by atoms with van der Waals surface area (Å²) < 4.78 is 19.0. The molecule has 8 unspecified atom stereocenters. The van der Waals surface area contributed by atoms with Crippen LogP contribution in [-0.2, 0) is 16.6 Å². The fraction of sp³-hybridized carbons (Fsp3) is 0.696. The van der Waals surface area contributed by atoms with Crippen LogP contribution in [0, 0.1) is 16.7 Å². The molecule has 2 heterocycles. The standard InChI is InChI=1S/C23H28N2O3/c1-12(24)14-10-20-7-8-23(14,27-4)19-22(20)11-21(18(20)25(21)2)9-13-5-6-15(26-3)17(28-19)16(13)22/h5-6,14,18-19,24H,7-11H2,1-4H3. The Bertz CT molecular complexity index is 977. The highest BCUT2D eigenvalue weighted by Gasteiger charge is 2.91. The summed E-state index contributed by atoms with van der Waals surface area (Å²) in [4.78, 5) is 2.65. The number of rotatable bonds is 3. The van der Waals surface area contributed by atoms with E-state index in [1.54, 1.807) is 7.11 Å². The minimum absolute atomic E-state index is 0.0128. The van der Waals surface area contributed by atoms with E-state index in [2.05, 4.69) is 24.1 Å². The average molecular weight is 380 g/mol. The van der Waals surface area contributed by atoms with Crippen LogP contribution in [0.5, 0.6) is 11.5 Å². The number of hydrogen-bond acceptors (Lipinski definition) is 5. The maximum absolute atomic E-state index is 8.63. The lowest BCUT2D eigenvalue weighted by molar-refractivity contribution is -0.231. The first-order valence-corrected chi connectivity index (χ1v) is 10.6. The van der Waals surface area contributed by atoms with Gasteiger partial charge in [0.15, 0.2) is 11.5 Å². The Morgan fingerprint density at radius 1 is 1.29 bits per heavy atom. The summed E-state index contributed by atoms with van der Waals surface area (Å²) in [7, 11) is 5.91. The topological polar surface area (TPSA) is 54.6 Å². The molecule has 28 heavy (non-hydrogen) atoms. The molecule has 1 aromatic carbocycles. The predicted octanol–water partition coefficient (Wildman–Crippen LogP) is 2.93. The van der Waals surface area contributed by atoms with Gasteiger partial charge >= 0.3 is 0 Å². The maximum Gasteiger partial charge on any atom is 0.165 e. The molecule has 1 aromatic rings. The molecule has 4 bridgehead atoms. The highest BCUT2D eigenvalue weighted by molar-refractivity contribution is 5.84. The molecule has 1 saturated heterocycles. The first-order chi connectivity index (χ1) is 13.4. The van der Waals surface area contributed by atoms with Gasteiger partial charge in [0.05, 0.1) is 7.11 Å². The number of ether oxygens (including phenoxy) is 3. The smallest absolute Gasteiger partial charge is 0.165 e. The maximum atomic E-state index is 8.63. The quantitative estimate of drug-likeness (QED) is 0.647. The third-order valence-corrected chi connectivity index (χ3v) is 10.0. The second-order valence-electron chi connectivity index (χ2n) is 10.3. The molecule has 5 nitrogen and oxygen atoms in total. The van der Waals surface area contributed by atoms with Crippen molar-refractivity contribution in [3.8, 4) is 11.5 Å². The van der Waals surface area contributed by atoms with Gasteiger partial charge in [-0.05, 0) is 57.7 Å². The third kappa shape index (κ3) is 1.23. The molecule has 0 amide bonds. The van der Waals surface area contributed by atoms with Crippen LogP contribution in [0.3, 0.4) is 0 Å². The summed E-state index contributed by atoms with van der Waals surface area (Å²) in [5.41, 5.74) is 3.72. The lowest BCUT2D eigenvalue weighted by Crippen LogP contribution is -2.75. The summed E-state index contributed by atoms with van der Waals surface area (Å²) in [6, 6.07) is 4.98. The van der Waals surface area contributed by atoms with E-state index >= 15 is 0 Å². The summed E-state index contributed by atoms with van der Waals surface area (Å²) >= 11 is 0. The Morgan fingerprint density at radius 2 is 2.11 bits per heavy atom. The summed E-state index contributed by atoms with van der Waals surface area (Å²) in [5, 5.41) is 8.63. The van der Waals surface area contributed by atoms with Gasteiger partial charge in [-0.25, -0.2) is 0 Å². The number of benzene rings is 1. The summed E-state index contributed by atoms with van der Waals surface area (Å²) in [6.45, 7) is 1.97. The first-order valence-electron chi connectivity index (χ1n) is 10.6. The molecule has 7 aliphatic rings. The van der Waals surface area contributed by atoms with E-state index in [4.69, 9.17) is 19.6 Å². The van der Waals surface area contributed by atoms with Crippen molar-refractivity contribution in [2.24, 2.45) is 11.3 Å². The SMILES string of the molecule is COc1ccc2c3c1OC1C4(OC)CCC5(CC4C(C)=N)C4N(C)C4(C2)CC315. The van der Waals surface area contributed by atoms with Crippen LogP contribution in [0.1, 0.15) is 43.7 Å². The lowest BCUT2D eigenvalue weighted by atomic mass is 9.40. The van der Waals surface area contributed by atoms with Crippen LogP contribution in [0.25, 0.3) is 0 Å². The van der Waals surface area contributed by atoms with Crippen LogP contribution in [0.2, 0.25) is 0 Å². The Labute approximate surface area is 165 Å².